The molecule has 2 fully saturated rings. The van der Waals surface area contributed by atoms with Crippen LogP contribution in [0.1, 0.15) is 26.7 Å². The molecule has 1 heterocycles. The molecule has 16 heavy (non-hydrogen) atoms. The summed E-state index contributed by atoms with van der Waals surface area (Å²) in [6.45, 7) is 7.96. The third-order valence-electron chi connectivity index (χ3n) is 4.12. The fraction of sp³-hybridized carbons (Fsp3) is 0.917. The van der Waals surface area contributed by atoms with E-state index in [2.05, 4.69) is 16.7 Å². The Kier molecular flexibility index (Phi) is 3.50. The quantitative estimate of drug-likeness (QED) is 0.775. The zero-order valence-electron chi connectivity index (χ0n) is 10.2. The van der Waals surface area contributed by atoms with Crippen LogP contribution < -0.4 is 0 Å². The number of nitrogens with zero attached hydrogens (tertiary/aromatic N) is 2. The van der Waals surface area contributed by atoms with Gasteiger partial charge in [0.15, 0.2) is 0 Å². The molecule has 1 N–H and O–H groups in total. The lowest BCUT2D eigenvalue weighted by molar-refractivity contribution is -0.143. The Morgan fingerprint density at radius 2 is 1.81 bits per heavy atom. The second-order valence-corrected chi connectivity index (χ2v) is 5.32. The zero-order valence-corrected chi connectivity index (χ0v) is 10.2. The second kappa shape index (κ2) is 4.72. The molecular formula is C12H22N2O2. The Morgan fingerprint density at radius 1 is 1.25 bits per heavy atom. The third-order valence-corrected chi connectivity index (χ3v) is 4.12. The van der Waals surface area contributed by atoms with Crippen LogP contribution in [0.4, 0.5) is 0 Å². The Morgan fingerprint density at radius 3 is 2.25 bits per heavy atom. The van der Waals surface area contributed by atoms with Gasteiger partial charge in [-0.05, 0) is 25.7 Å². The summed E-state index contributed by atoms with van der Waals surface area (Å²) >= 11 is 0. The van der Waals surface area contributed by atoms with Gasteiger partial charge in [0.25, 0.3) is 0 Å². The van der Waals surface area contributed by atoms with Crippen molar-refractivity contribution in [3.63, 3.8) is 0 Å². The normalized spacial score (nSPS) is 34.4. The SMILES string of the molecule is CC1CC(N2CCN(C(C)C(=O)O)CC2)C1. The van der Waals surface area contributed by atoms with Gasteiger partial charge in [-0.3, -0.25) is 14.6 Å². The average Bonchev–Trinajstić information content (AvgIpc) is 2.24. The summed E-state index contributed by atoms with van der Waals surface area (Å²) in [5, 5.41) is 8.95. The van der Waals surface area contributed by atoms with Crippen LogP contribution in [0.3, 0.4) is 0 Å². The van der Waals surface area contributed by atoms with Crippen LogP contribution in [0, 0.1) is 5.92 Å². The highest BCUT2D eigenvalue weighted by molar-refractivity contribution is 5.72. The van der Waals surface area contributed by atoms with E-state index in [-0.39, 0.29) is 6.04 Å². The summed E-state index contributed by atoms with van der Waals surface area (Å²) in [5.74, 6) is 0.187. The summed E-state index contributed by atoms with van der Waals surface area (Å²) in [6.07, 6.45) is 2.66. The first-order valence-electron chi connectivity index (χ1n) is 6.29. The van der Waals surface area contributed by atoms with Crippen LogP contribution in [0.2, 0.25) is 0 Å². The monoisotopic (exact) mass is 226 g/mol. The molecule has 0 spiro atoms. The van der Waals surface area contributed by atoms with E-state index in [1.165, 1.54) is 12.8 Å². The molecule has 0 bridgehead atoms. The van der Waals surface area contributed by atoms with E-state index < -0.39 is 5.97 Å². The van der Waals surface area contributed by atoms with Crippen molar-refractivity contribution in [2.75, 3.05) is 26.2 Å². The molecule has 92 valence electrons. The van der Waals surface area contributed by atoms with Gasteiger partial charge >= 0.3 is 5.97 Å². The van der Waals surface area contributed by atoms with Gasteiger partial charge in [0.1, 0.15) is 6.04 Å². The molecule has 0 aromatic carbocycles. The first kappa shape index (κ1) is 11.9. The zero-order chi connectivity index (χ0) is 11.7. The number of carboxylic acids is 1. The van der Waals surface area contributed by atoms with Gasteiger partial charge in [0, 0.05) is 32.2 Å². The predicted molar refractivity (Wildman–Crippen MR) is 62.4 cm³/mol. The molecule has 2 rings (SSSR count). The maximum Gasteiger partial charge on any atom is 0.320 e. The summed E-state index contributed by atoms with van der Waals surface area (Å²) in [4.78, 5) is 15.5. The Bertz CT molecular complexity index is 256. The summed E-state index contributed by atoms with van der Waals surface area (Å²) < 4.78 is 0. The van der Waals surface area contributed by atoms with Crippen molar-refractivity contribution in [1.29, 1.82) is 0 Å². The molecule has 1 aliphatic carbocycles. The fourth-order valence-electron chi connectivity index (χ4n) is 2.80. The van der Waals surface area contributed by atoms with Crippen molar-refractivity contribution in [3.05, 3.63) is 0 Å². The number of hydrogen-bond donors (Lipinski definition) is 1. The van der Waals surface area contributed by atoms with E-state index in [0.717, 1.165) is 38.1 Å². The number of carbonyl (C=O) groups is 1. The van der Waals surface area contributed by atoms with Crippen molar-refractivity contribution >= 4 is 5.97 Å². The highest BCUT2D eigenvalue weighted by Gasteiger charge is 2.33. The van der Waals surface area contributed by atoms with Crippen molar-refractivity contribution in [2.45, 2.75) is 38.8 Å². The van der Waals surface area contributed by atoms with E-state index in [4.69, 9.17) is 5.11 Å². The Hall–Kier alpha value is -0.610. The van der Waals surface area contributed by atoms with Crippen molar-refractivity contribution in [3.8, 4) is 0 Å². The van der Waals surface area contributed by atoms with Gasteiger partial charge < -0.3 is 5.11 Å². The first-order chi connectivity index (χ1) is 7.58. The van der Waals surface area contributed by atoms with Gasteiger partial charge in [0.05, 0.1) is 0 Å². The lowest BCUT2D eigenvalue weighted by Gasteiger charge is -2.46. The number of piperazine rings is 1. The number of carboxylic acid groups (broad SMARTS) is 1. The van der Waals surface area contributed by atoms with Crippen molar-refractivity contribution in [1.82, 2.24) is 9.80 Å². The largest absolute Gasteiger partial charge is 0.480 e. The van der Waals surface area contributed by atoms with Gasteiger partial charge in [-0.1, -0.05) is 6.92 Å². The molecule has 0 amide bonds. The Balaban J connectivity index is 1.76. The minimum atomic E-state index is -0.703. The van der Waals surface area contributed by atoms with Gasteiger partial charge in [0.2, 0.25) is 0 Å². The topological polar surface area (TPSA) is 43.8 Å². The van der Waals surface area contributed by atoms with E-state index in [9.17, 15) is 4.79 Å². The van der Waals surface area contributed by atoms with E-state index in [0.29, 0.717) is 0 Å². The van der Waals surface area contributed by atoms with Crippen LogP contribution >= 0.6 is 0 Å². The molecule has 0 radical (unpaired) electrons. The van der Waals surface area contributed by atoms with E-state index in [1.54, 1.807) is 6.92 Å². The summed E-state index contributed by atoms with van der Waals surface area (Å²) in [6, 6.07) is 0.444. The molecule has 1 aliphatic heterocycles. The molecule has 1 unspecified atom stereocenters. The van der Waals surface area contributed by atoms with Crippen LogP contribution in [0.5, 0.6) is 0 Å². The third kappa shape index (κ3) is 2.38. The predicted octanol–water partition coefficient (Wildman–Crippen LogP) is 0.876. The molecular weight excluding hydrogens is 204 g/mol. The van der Waals surface area contributed by atoms with Crippen molar-refractivity contribution < 1.29 is 9.90 Å². The highest BCUT2D eigenvalue weighted by Crippen LogP contribution is 2.31. The van der Waals surface area contributed by atoms with Crippen molar-refractivity contribution in [2.24, 2.45) is 5.92 Å². The molecule has 2 aliphatic rings. The smallest absolute Gasteiger partial charge is 0.320 e. The van der Waals surface area contributed by atoms with E-state index >= 15 is 0 Å². The lowest BCUT2D eigenvalue weighted by atomic mass is 9.80. The molecule has 1 atom stereocenters. The molecule has 0 aromatic rings. The minimum absolute atomic E-state index is 0.331. The first-order valence-corrected chi connectivity index (χ1v) is 6.29. The number of rotatable bonds is 3. The molecule has 4 nitrogen and oxygen atoms in total. The maximum absolute atomic E-state index is 10.9. The number of hydrogen-bond acceptors (Lipinski definition) is 3. The minimum Gasteiger partial charge on any atom is -0.480 e. The van der Waals surface area contributed by atoms with Gasteiger partial charge in [-0.15, -0.1) is 0 Å². The van der Waals surface area contributed by atoms with Gasteiger partial charge in [-0.2, -0.15) is 0 Å². The summed E-state index contributed by atoms with van der Waals surface area (Å²) in [5.41, 5.74) is 0. The summed E-state index contributed by atoms with van der Waals surface area (Å²) in [7, 11) is 0. The standard InChI is InChI=1S/C12H22N2O2/c1-9-7-11(8-9)14-5-3-13(4-6-14)10(2)12(15)16/h9-11H,3-8H2,1-2H3,(H,15,16). The highest BCUT2D eigenvalue weighted by atomic mass is 16.4. The molecule has 1 saturated carbocycles. The average molecular weight is 226 g/mol. The van der Waals surface area contributed by atoms with Crippen LogP contribution in [0.25, 0.3) is 0 Å². The maximum atomic E-state index is 10.9. The molecule has 1 saturated heterocycles. The van der Waals surface area contributed by atoms with Crippen LogP contribution in [0.15, 0.2) is 0 Å². The Labute approximate surface area is 97.2 Å². The molecule has 0 aromatic heterocycles. The lowest BCUT2D eigenvalue weighted by Crippen LogP contribution is -2.56. The van der Waals surface area contributed by atoms with Gasteiger partial charge in [-0.25, -0.2) is 0 Å². The number of aliphatic carboxylic acids is 1. The van der Waals surface area contributed by atoms with Crippen LogP contribution in [-0.2, 0) is 4.79 Å². The molecule has 4 heteroatoms. The van der Waals surface area contributed by atoms with Crippen LogP contribution in [-0.4, -0.2) is 59.1 Å². The second-order valence-electron chi connectivity index (χ2n) is 5.32. The van der Waals surface area contributed by atoms with E-state index in [1.807, 2.05) is 0 Å². The fourth-order valence-corrected chi connectivity index (χ4v) is 2.80.